The summed E-state index contributed by atoms with van der Waals surface area (Å²) in [4.78, 5) is 11.6. The molecule has 0 fully saturated rings. The zero-order valence-corrected chi connectivity index (χ0v) is 12.3. The summed E-state index contributed by atoms with van der Waals surface area (Å²) in [7, 11) is 1.41. The van der Waals surface area contributed by atoms with E-state index in [1.165, 1.54) is 34.9 Å². The lowest BCUT2D eigenvalue weighted by Gasteiger charge is -2.17. The lowest BCUT2D eigenvalue weighted by molar-refractivity contribution is 0.0600. The number of carbonyl (C=O) groups excluding carboxylic acids is 1. The molecule has 0 saturated heterocycles. The number of rotatable bonds is 2. The van der Waals surface area contributed by atoms with Crippen LogP contribution in [0.4, 0.5) is 0 Å². The van der Waals surface area contributed by atoms with Crippen LogP contribution in [0.1, 0.15) is 39.0 Å². The summed E-state index contributed by atoms with van der Waals surface area (Å²) in [6.07, 6.45) is 4.19. The Morgan fingerprint density at radius 1 is 1.05 bits per heavy atom. The highest BCUT2D eigenvalue weighted by molar-refractivity contribution is 5.91. The lowest BCUT2D eigenvalue weighted by atomic mass is 9.87. The molecular weight excluding hydrogens is 260 g/mol. The summed E-state index contributed by atoms with van der Waals surface area (Å²) in [6.45, 7) is 2.10. The first-order valence-corrected chi connectivity index (χ1v) is 7.16. The van der Waals surface area contributed by atoms with Crippen molar-refractivity contribution in [2.24, 2.45) is 0 Å². The van der Waals surface area contributed by atoms with Gasteiger partial charge in [-0.1, -0.05) is 42.0 Å². The third-order valence-corrected chi connectivity index (χ3v) is 3.98. The van der Waals surface area contributed by atoms with Crippen molar-refractivity contribution in [3.63, 3.8) is 0 Å². The minimum Gasteiger partial charge on any atom is -0.465 e. The van der Waals surface area contributed by atoms with Crippen molar-refractivity contribution in [1.82, 2.24) is 0 Å². The fourth-order valence-electron chi connectivity index (χ4n) is 2.73. The monoisotopic (exact) mass is 278 g/mol. The van der Waals surface area contributed by atoms with E-state index in [1.807, 2.05) is 18.2 Å². The Balaban J connectivity index is 1.94. The van der Waals surface area contributed by atoms with Gasteiger partial charge in [-0.05, 0) is 54.2 Å². The molecule has 2 heteroatoms. The highest BCUT2D eigenvalue weighted by Gasteiger charge is 2.14. The van der Waals surface area contributed by atoms with Crippen LogP contribution in [0.2, 0.25) is 0 Å². The van der Waals surface area contributed by atoms with E-state index in [9.17, 15) is 4.79 Å². The SMILES string of the molecule is COC(=O)c1ccc2c(c1)CCC(c1ccc(C)cc1)=C2. The summed E-state index contributed by atoms with van der Waals surface area (Å²) < 4.78 is 4.77. The first kappa shape index (κ1) is 13.6. The van der Waals surface area contributed by atoms with Gasteiger partial charge < -0.3 is 4.74 Å². The van der Waals surface area contributed by atoms with E-state index in [4.69, 9.17) is 4.74 Å². The quantitative estimate of drug-likeness (QED) is 0.767. The second-order valence-electron chi connectivity index (χ2n) is 5.44. The second kappa shape index (κ2) is 5.57. The van der Waals surface area contributed by atoms with Crippen molar-refractivity contribution >= 4 is 17.6 Å². The van der Waals surface area contributed by atoms with Crippen molar-refractivity contribution in [1.29, 1.82) is 0 Å². The van der Waals surface area contributed by atoms with Gasteiger partial charge in [0.1, 0.15) is 0 Å². The van der Waals surface area contributed by atoms with Gasteiger partial charge in [-0.25, -0.2) is 4.79 Å². The van der Waals surface area contributed by atoms with Gasteiger partial charge in [-0.15, -0.1) is 0 Å². The zero-order valence-electron chi connectivity index (χ0n) is 12.3. The Kier molecular flexibility index (Phi) is 3.61. The number of aryl methyl sites for hydroxylation is 2. The zero-order chi connectivity index (χ0) is 14.8. The molecule has 2 nitrogen and oxygen atoms in total. The van der Waals surface area contributed by atoms with Gasteiger partial charge >= 0.3 is 5.97 Å². The van der Waals surface area contributed by atoms with Crippen molar-refractivity contribution in [2.75, 3.05) is 7.11 Å². The molecule has 0 aromatic heterocycles. The van der Waals surface area contributed by atoms with E-state index >= 15 is 0 Å². The van der Waals surface area contributed by atoms with Crippen LogP contribution >= 0.6 is 0 Å². The Morgan fingerprint density at radius 3 is 2.52 bits per heavy atom. The van der Waals surface area contributed by atoms with Crippen molar-refractivity contribution in [3.05, 3.63) is 70.3 Å². The van der Waals surface area contributed by atoms with Gasteiger partial charge in [0, 0.05) is 0 Å². The normalized spacial score (nSPS) is 13.3. The van der Waals surface area contributed by atoms with E-state index in [0.29, 0.717) is 5.56 Å². The van der Waals surface area contributed by atoms with Crippen LogP contribution in [0.5, 0.6) is 0 Å². The van der Waals surface area contributed by atoms with Gasteiger partial charge in [0.05, 0.1) is 12.7 Å². The maximum atomic E-state index is 11.6. The smallest absolute Gasteiger partial charge is 0.337 e. The third kappa shape index (κ3) is 2.75. The molecule has 0 atom stereocenters. The molecule has 3 rings (SSSR count). The van der Waals surface area contributed by atoms with Crippen LogP contribution in [-0.4, -0.2) is 13.1 Å². The molecule has 0 heterocycles. The fraction of sp³-hybridized carbons (Fsp3) is 0.211. The fourth-order valence-corrected chi connectivity index (χ4v) is 2.73. The molecule has 0 aliphatic heterocycles. The third-order valence-electron chi connectivity index (χ3n) is 3.98. The molecule has 21 heavy (non-hydrogen) atoms. The number of hydrogen-bond donors (Lipinski definition) is 0. The van der Waals surface area contributed by atoms with E-state index in [0.717, 1.165) is 12.8 Å². The predicted octanol–water partition coefficient (Wildman–Crippen LogP) is 4.27. The summed E-state index contributed by atoms with van der Waals surface area (Å²) in [5.74, 6) is -0.272. The van der Waals surface area contributed by atoms with E-state index in [-0.39, 0.29) is 5.97 Å². The molecule has 2 aromatic rings. The highest BCUT2D eigenvalue weighted by atomic mass is 16.5. The number of hydrogen-bond acceptors (Lipinski definition) is 2. The molecule has 0 saturated carbocycles. The summed E-state index contributed by atoms with van der Waals surface area (Å²) in [5.41, 5.74) is 6.96. The van der Waals surface area contributed by atoms with Gasteiger partial charge in [-0.2, -0.15) is 0 Å². The molecule has 2 aromatic carbocycles. The number of carbonyl (C=O) groups is 1. The van der Waals surface area contributed by atoms with E-state index in [1.54, 1.807) is 0 Å². The van der Waals surface area contributed by atoms with Crippen LogP contribution in [0.25, 0.3) is 11.6 Å². The Bertz CT molecular complexity index is 709. The maximum absolute atomic E-state index is 11.6. The Labute approximate surface area is 125 Å². The number of benzene rings is 2. The van der Waals surface area contributed by atoms with E-state index < -0.39 is 0 Å². The van der Waals surface area contributed by atoms with Gasteiger partial charge in [0.15, 0.2) is 0 Å². The molecule has 0 amide bonds. The van der Waals surface area contributed by atoms with Crippen molar-refractivity contribution < 1.29 is 9.53 Å². The standard InChI is InChI=1S/C19H18O2/c1-13-3-5-14(6-4-13)15-7-8-17-12-18(19(20)21-2)10-9-16(17)11-15/h3-6,9-12H,7-8H2,1-2H3. The first-order valence-electron chi connectivity index (χ1n) is 7.16. The van der Waals surface area contributed by atoms with Crippen LogP contribution in [0.15, 0.2) is 42.5 Å². The predicted molar refractivity (Wildman–Crippen MR) is 85.2 cm³/mol. The molecule has 0 bridgehead atoms. The molecule has 0 N–H and O–H groups in total. The number of esters is 1. The minimum absolute atomic E-state index is 0.272. The maximum Gasteiger partial charge on any atom is 0.337 e. The summed E-state index contributed by atoms with van der Waals surface area (Å²) >= 11 is 0. The average molecular weight is 278 g/mol. The number of allylic oxidation sites excluding steroid dienone is 1. The van der Waals surface area contributed by atoms with Gasteiger partial charge in [0.2, 0.25) is 0 Å². The van der Waals surface area contributed by atoms with Crippen molar-refractivity contribution in [2.45, 2.75) is 19.8 Å². The molecular formula is C19H18O2. The largest absolute Gasteiger partial charge is 0.465 e. The van der Waals surface area contributed by atoms with Crippen molar-refractivity contribution in [3.8, 4) is 0 Å². The van der Waals surface area contributed by atoms with Gasteiger partial charge in [-0.3, -0.25) is 0 Å². The first-order chi connectivity index (χ1) is 10.2. The van der Waals surface area contributed by atoms with E-state index in [2.05, 4.69) is 37.3 Å². The van der Waals surface area contributed by atoms with Crippen LogP contribution < -0.4 is 0 Å². The molecule has 1 aliphatic carbocycles. The number of ether oxygens (including phenoxy) is 1. The second-order valence-corrected chi connectivity index (χ2v) is 5.44. The van der Waals surface area contributed by atoms with Crippen LogP contribution in [-0.2, 0) is 11.2 Å². The average Bonchev–Trinajstić information content (AvgIpc) is 2.54. The molecule has 1 aliphatic rings. The Morgan fingerprint density at radius 2 is 1.81 bits per heavy atom. The Hall–Kier alpha value is -2.35. The van der Waals surface area contributed by atoms with Crippen LogP contribution in [0.3, 0.4) is 0 Å². The lowest BCUT2D eigenvalue weighted by Crippen LogP contribution is -2.05. The summed E-state index contributed by atoms with van der Waals surface area (Å²) in [5, 5.41) is 0. The highest BCUT2D eigenvalue weighted by Crippen LogP contribution is 2.31. The minimum atomic E-state index is -0.272. The molecule has 0 spiro atoms. The van der Waals surface area contributed by atoms with Crippen LogP contribution in [0, 0.1) is 6.92 Å². The van der Waals surface area contributed by atoms with Gasteiger partial charge in [0.25, 0.3) is 0 Å². The topological polar surface area (TPSA) is 26.3 Å². The molecule has 0 unspecified atom stereocenters. The number of methoxy groups -OCH3 is 1. The number of fused-ring (bicyclic) bond motifs is 1. The molecule has 106 valence electrons. The summed E-state index contributed by atoms with van der Waals surface area (Å²) in [6, 6.07) is 14.4. The molecule has 0 radical (unpaired) electrons.